The molecule has 0 saturated carbocycles. The monoisotopic (exact) mass is 483 g/mol. The first kappa shape index (κ1) is 24.6. The Hall–Kier alpha value is -2.54. The van der Waals surface area contributed by atoms with Crippen LogP contribution >= 0.6 is 11.6 Å². The second-order valence-corrected chi connectivity index (χ2v) is 9.42. The van der Waals surface area contributed by atoms with E-state index in [1.165, 1.54) is 5.56 Å². The number of aromatic amines is 1. The predicted molar refractivity (Wildman–Crippen MR) is 139 cm³/mol. The van der Waals surface area contributed by atoms with E-state index in [4.69, 9.17) is 16.3 Å². The average molecular weight is 484 g/mol. The van der Waals surface area contributed by atoms with Gasteiger partial charge in [0, 0.05) is 50.0 Å². The summed E-state index contributed by atoms with van der Waals surface area (Å²) in [6, 6.07) is 13.9. The molecule has 2 heterocycles. The number of aryl methyl sites for hydroxylation is 1. The molecule has 2 N–H and O–H groups in total. The molecule has 0 spiro atoms. The molecule has 6 nitrogen and oxygen atoms in total. The van der Waals surface area contributed by atoms with Gasteiger partial charge in [0.15, 0.2) is 11.5 Å². The summed E-state index contributed by atoms with van der Waals surface area (Å²) in [5.41, 5.74) is 3.86. The van der Waals surface area contributed by atoms with Crippen LogP contribution in [0.3, 0.4) is 0 Å². The molecule has 1 atom stereocenters. The van der Waals surface area contributed by atoms with Crippen LogP contribution in [-0.2, 0) is 6.42 Å². The van der Waals surface area contributed by atoms with E-state index in [2.05, 4.69) is 27.8 Å². The Morgan fingerprint density at radius 3 is 2.65 bits per heavy atom. The quantitative estimate of drug-likeness (QED) is 0.400. The number of hydrogen-bond donors (Lipinski definition) is 2. The molecule has 1 aromatic heterocycles. The van der Waals surface area contributed by atoms with Crippen molar-refractivity contribution in [3.05, 3.63) is 58.7 Å². The van der Waals surface area contributed by atoms with E-state index in [-0.39, 0.29) is 5.78 Å². The number of Topliss-reactive ketones (excluding diaryl/α,β-unsaturated/α-hetero) is 1. The highest BCUT2D eigenvalue weighted by Crippen LogP contribution is 2.37. The van der Waals surface area contributed by atoms with Gasteiger partial charge in [0.25, 0.3) is 0 Å². The number of fused-ring (bicyclic) bond motifs is 1. The van der Waals surface area contributed by atoms with Gasteiger partial charge in [-0.25, -0.2) is 0 Å². The number of nitrogens with one attached hydrogen (secondary N) is 1. The molecule has 0 bridgehead atoms. The fraction of sp³-hybridized carbons (Fsp3) is 0.444. The molecule has 2 aromatic carbocycles. The first-order valence-electron chi connectivity index (χ1n) is 12.1. The number of benzene rings is 2. The number of hydrogen-bond acceptors (Lipinski definition) is 5. The van der Waals surface area contributed by atoms with Crippen molar-refractivity contribution < 1.29 is 14.6 Å². The summed E-state index contributed by atoms with van der Waals surface area (Å²) < 4.78 is 5.58. The van der Waals surface area contributed by atoms with E-state index in [1.54, 1.807) is 7.11 Å². The molecule has 3 aromatic rings. The highest BCUT2D eigenvalue weighted by Gasteiger charge is 2.23. The molecular weight excluding hydrogens is 450 g/mol. The number of ether oxygens (including phenoxy) is 1. The molecule has 0 amide bonds. The van der Waals surface area contributed by atoms with Gasteiger partial charge in [-0.05, 0) is 49.1 Å². The van der Waals surface area contributed by atoms with E-state index in [0.717, 1.165) is 54.9 Å². The summed E-state index contributed by atoms with van der Waals surface area (Å²) in [4.78, 5) is 20.3. The fourth-order valence-electron chi connectivity index (χ4n) is 4.69. The number of H-pyrrole nitrogens is 1. The lowest BCUT2D eigenvalue weighted by atomic mass is 10.1. The standard InChI is InChI=1S/C27H34ClN3O3/c1-3-19-15-22(28)27(34-2)25(16-19)31-13-11-30(12-14-31)18-21(32)8-6-10-26(33)24-17-20-7-4-5-9-23(20)29-24/h4-5,7,9,15-17,21,29,32H,3,6,8,10-14,18H2,1-2H3. The Labute approximate surface area is 206 Å². The van der Waals surface area contributed by atoms with Crippen LogP contribution in [0.4, 0.5) is 5.69 Å². The van der Waals surface area contributed by atoms with Gasteiger partial charge in [0.2, 0.25) is 0 Å². The minimum atomic E-state index is -0.436. The van der Waals surface area contributed by atoms with Gasteiger partial charge in [-0.3, -0.25) is 9.69 Å². The third kappa shape index (κ3) is 5.74. The van der Waals surface area contributed by atoms with Gasteiger partial charge in [-0.1, -0.05) is 36.7 Å². The second kappa shape index (κ2) is 11.3. The number of piperazine rings is 1. The van der Waals surface area contributed by atoms with Crippen LogP contribution < -0.4 is 9.64 Å². The Bertz CT molecular complexity index is 1090. The summed E-state index contributed by atoms with van der Waals surface area (Å²) >= 11 is 6.44. The average Bonchev–Trinajstić information content (AvgIpc) is 3.28. The van der Waals surface area contributed by atoms with Crippen molar-refractivity contribution in [2.45, 2.75) is 38.7 Å². The normalized spacial score (nSPS) is 15.6. The molecule has 1 aliphatic rings. The van der Waals surface area contributed by atoms with Gasteiger partial charge < -0.3 is 19.7 Å². The number of rotatable bonds is 10. The number of methoxy groups -OCH3 is 1. The number of ketones is 1. The predicted octanol–water partition coefficient (Wildman–Crippen LogP) is 4.93. The Morgan fingerprint density at radius 1 is 1.18 bits per heavy atom. The topological polar surface area (TPSA) is 68.8 Å². The van der Waals surface area contributed by atoms with Crippen LogP contribution in [0, 0.1) is 0 Å². The van der Waals surface area contributed by atoms with Gasteiger partial charge in [-0.2, -0.15) is 0 Å². The zero-order chi connectivity index (χ0) is 24.1. The molecule has 7 heteroatoms. The minimum Gasteiger partial charge on any atom is -0.493 e. The number of β-amino-alcohol motifs (C(OH)–C–C–N with tert-alkyl or cyclic N) is 1. The number of carbonyl (C=O) groups is 1. The maximum absolute atomic E-state index is 12.5. The Kier molecular flexibility index (Phi) is 8.14. The zero-order valence-corrected chi connectivity index (χ0v) is 20.8. The molecule has 1 saturated heterocycles. The number of aliphatic hydroxyl groups excluding tert-OH is 1. The van der Waals surface area contributed by atoms with Crippen molar-refractivity contribution in [3.63, 3.8) is 0 Å². The van der Waals surface area contributed by atoms with Crippen LogP contribution in [0.15, 0.2) is 42.5 Å². The molecule has 1 aliphatic heterocycles. The SMILES string of the molecule is CCc1cc(Cl)c(OC)c(N2CCN(CC(O)CCCC(=O)c3cc4ccccc4[nH]3)CC2)c1. The third-order valence-electron chi connectivity index (χ3n) is 6.65. The molecule has 0 radical (unpaired) electrons. The van der Waals surface area contributed by atoms with Crippen LogP contribution in [0.25, 0.3) is 10.9 Å². The van der Waals surface area contributed by atoms with Gasteiger partial charge in [-0.15, -0.1) is 0 Å². The minimum absolute atomic E-state index is 0.0962. The molecule has 0 aliphatic carbocycles. The highest BCUT2D eigenvalue weighted by atomic mass is 35.5. The van der Waals surface area contributed by atoms with Gasteiger partial charge in [0.1, 0.15) is 0 Å². The number of para-hydroxylation sites is 1. The van der Waals surface area contributed by atoms with Crippen molar-refractivity contribution >= 4 is 34.0 Å². The Balaban J connectivity index is 1.23. The number of carbonyl (C=O) groups excluding carboxylic acids is 1. The number of nitrogens with zero attached hydrogens (tertiary/aromatic N) is 2. The first-order valence-corrected chi connectivity index (χ1v) is 12.5. The molecule has 1 fully saturated rings. The lowest BCUT2D eigenvalue weighted by Crippen LogP contribution is -2.48. The number of aliphatic hydroxyl groups is 1. The van der Waals surface area contributed by atoms with Crippen molar-refractivity contribution in [1.82, 2.24) is 9.88 Å². The van der Waals surface area contributed by atoms with Crippen LogP contribution in [0.2, 0.25) is 5.02 Å². The van der Waals surface area contributed by atoms with Gasteiger partial charge >= 0.3 is 0 Å². The summed E-state index contributed by atoms with van der Waals surface area (Å²) in [7, 11) is 1.66. The fourth-order valence-corrected chi connectivity index (χ4v) is 5.01. The summed E-state index contributed by atoms with van der Waals surface area (Å²) in [5, 5.41) is 12.3. The zero-order valence-electron chi connectivity index (χ0n) is 20.0. The van der Waals surface area contributed by atoms with E-state index in [1.807, 2.05) is 36.4 Å². The second-order valence-electron chi connectivity index (χ2n) is 9.01. The lowest BCUT2D eigenvalue weighted by Gasteiger charge is -2.37. The van der Waals surface area contributed by atoms with Crippen LogP contribution in [-0.4, -0.2) is 66.7 Å². The molecular formula is C27H34ClN3O3. The van der Waals surface area contributed by atoms with E-state index in [0.29, 0.717) is 36.5 Å². The smallest absolute Gasteiger partial charge is 0.179 e. The largest absolute Gasteiger partial charge is 0.493 e. The molecule has 1 unspecified atom stereocenters. The summed E-state index contributed by atoms with van der Waals surface area (Å²) in [6.45, 7) is 6.18. The van der Waals surface area contributed by atoms with Crippen molar-refractivity contribution in [3.8, 4) is 5.75 Å². The Morgan fingerprint density at radius 2 is 1.94 bits per heavy atom. The molecule has 182 valence electrons. The van der Waals surface area contributed by atoms with Crippen molar-refractivity contribution in [2.24, 2.45) is 0 Å². The maximum atomic E-state index is 12.5. The van der Waals surface area contributed by atoms with Crippen molar-refractivity contribution in [1.29, 1.82) is 0 Å². The maximum Gasteiger partial charge on any atom is 0.179 e. The summed E-state index contributed by atoms with van der Waals surface area (Å²) in [6.07, 6.45) is 2.22. The lowest BCUT2D eigenvalue weighted by molar-refractivity contribution is 0.0913. The number of aromatic nitrogens is 1. The van der Waals surface area contributed by atoms with E-state index >= 15 is 0 Å². The van der Waals surface area contributed by atoms with Crippen LogP contribution in [0.1, 0.15) is 42.2 Å². The summed E-state index contributed by atoms with van der Waals surface area (Å²) in [5.74, 6) is 0.825. The highest BCUT2D eigenvalue weighted by molar-refractivity contribution is 6.32. The van der Waals surface area contributed by atoms with Crippen molar-refractivity contribution in [2.75, 3.05) is 44.7 Å². The first-order chi connectivity index (χ1) is 16.5. The molecule has 34 heavy (non-hydrogen) atoms. The number of anilines is 1. The van der Waals surface area contributed by atoms with E-state index < -0.39 is 6.10 Å². The van der Waals surface area contributed by atoms with Crippen LogP contribution in [0.5, 0.6) is 5.75 Å². The number of halogens is 1. The third-order valence-corrected chi connectivity index (χ3v) is 6.93. The molecule has 4 rings (SSSR count). The van der Waals surface area contributed by atoms with Gasteiger partial charge in [0.05, 0.1) is 29.6 Å². The van der Waals surface area contributed by atoms with E-state index in [9.17, 15) is 9.90 Å².